The van der Waals surface area contributed by atoms with Crippen LogP contribution in [0.15, 0.2) is 42.5 Å². The molecule has 1 aliphatic rings. The molecule has 2 aromatic carbocycles. The van der Waals surface area contributed by atoms with Crippen LogP contribution in [0.3, 0.4) is 0 Å². The SMILES string of the molecule is CNc1ccc(C(=O)c2ccccc2C(=O)OCC(=O)N2C[C@@H](C)O[C@@H](C)C2)cc1[N+](=O)[O-]. The molecule has 1 amide bonds. The van der Waals surface area contributed by atoms with Gasteiger partial charge in [-0.1, -0.05) is 18.2 Å². The van der Waals surface area contributed by atoms with Gasteiger partial charge in [0.2, 0.25) is 0 Å². The van der Waals surface area contributed by atoms with E-state index in [0.29, 0.717) is 13.1 Å². The van der Waals surface area contributed by atoms with E-state index in [1.807, 2.05) is 13.8 Å². The first-order valence-corrected chi connectivity index (χ1v) is 10.4. The second-order valence-corrected chi connectivity index (χ2v) is 7.75. The summed E-state index contributed by atoms with van der Waals surface area (Å²) in [5, 5.41) is 14.0. The number of nitrogens with zero attached hydrogens (tertiary/aromatic N) is 2. The van der Waals surface area contributed by atoms with Crippen LogP contribution in [0.5, 0.6) is 0 Å². The van der Waals surface area contributed by atoms with E-state index >= 15 is 0 Å². The Bertz CT molecular complexity index is 1080. The zero-order chi connectivity index (χ0) is 24.1. The standard InChI is InChI=1S/C23H25N3O7/c1-14-11-25(12-15(2)33-14)21(27)13-32-23(29)18-7-5-4-6-17(18)22(28)16-8-9-19(24-3)20(10-16)26(30)31/h4-10,14-15,24H,11-13H2,1-3H3/t14-,15+. The molecule has 174 valence electrons. The molecular formula is C23H25N3O7. The molecule has 10 heteroatoms. The molecule has 0 aromatic heterocycles. The van der Waals surface area contributed by atoms with E-state index in [0.717, 1.165) is 6.07 Å². The normalized spacial score (nSPS) is 17.8. The van der Waals surface area contributed by atoms with E-state index in [1.54, 1.807) is 17.0 Å². The maximum Gasteiger partial charge on any atom is 0.339 e. The Labute approximate surface area is 190 Å². The fourth-order valence-electron chi connectivity index (χ4n) is 3.73. The molecule has 1 aliphatic heterocycles. The Morgan fingerprint density at radius 3 is 2.36 bits per heavy atom. The zero-order valence-corrected chi connectivity index (χ0v) is 18.6. The number of anilines is 1. The Morgan fingerprint density at radius 1 is 1.12 bits per heavy atom. The number of carbonyl (C=O) groups excluding carboxylic acids is 3. The number of carbonyl (C=O) groups is 3. The molecule has 33 heavy (non-hydrogen) atoms. The summed E-state index contributed by atoms with van der Waals surface area (Å²) < 4.78 is 10.8. The lowest BCUT2D eigenvalue weighted by molar-refractivity contribution is -0.384. The number of hydrogen-bond acceptors (Lipinski definition) is 8. The number of hydrogen-bond donors (Lipinski definition) is 1. The zero-order valence-electron chi connectivity index (χ0n) is 18.6. The topological polar surface area (TPSA) is 128 Å². The summed E-state index contributed by atoms with van der Waals surface area (Å²) in [4.78, 5) is 50.6. The summed E-state index contributed by atoms with van der Waals surface area (Å²) in [6, 6.07) is 10.00. The highest BCUT2D eigenvalue weighted by molar-refractivity contribution is 6.15. The van der Waals surface area contributed by atoms with Gasteiger partial charge in [0.15, 0.2) is 12.4 Å². The minimum absolute atomic E-state index is 0.0232. The van der Waals surface area contributed by atoms with Gasteiger partial charge in [-0.25, -0.2) is 4.79 Å². The molecule has 1 N–H and O–H groups in total. The molecule has 2 aromatic rings. The summed E-state index contributed by atoms with van der Waals surface area (Å²) in [6.45, 7) is 4.05. The lowest BCUT2D eigenvalue weighted by atomic mass is 9.97. The summed E-state index contributed by atoms with van der Waals surface area (Å²) in [5.74, 6) is -1.76. The fourth-order valence-corrected chi connectivity index (χ4v) is 3.73. The lowest BCUT2D eigenvalue weighted by Gasteiger charge is -2.35. The van der Waals surface area contributed by atoms with Crippen LogP contribution >= 0.6 is 0 Å². The highest BCUT2D eigenvalue weighted by Crippen LogP contribution is 2.27. The van der Waals surface area contributed by atoms with Crippen molar-refractivity contribution in [3.63, 3.8) is 0 Å². The number of amides is 1. The predicted molar refractivity (Wildman–Crippen MR) is 119 cm³/mol. The maximum absolute atomic E-state index is 13.1. The van der Waals surface area contributed by atoms with Crippen molar-refractivity contribution in [2.75, 3.05) is 32.1 Å². The number of ketones is 1. The van der Waals surface area contributed by atoms with Crippen molar-refractivity contribution in [2.24, 2.45) is 0 Å². The van der Waals surface area contributed by atoms with Gasteiger partial charge in [0, 0.05) is 37.3 Å². The molecule has 0 radical (unpaired) electrons. The summed E-state index contributed by atoms with van der Waals surface area (Å²) in [6.07, 6.45) is -0.241. The third-order valence-corrected chi connectivity index (χ3v) is 5.22. The number of nitro benzene ring substituents is 1. The second kappa shape index (κ2) is 10.2. The number of nitro groups is 1. The molecular weight excluding hydrogens is 430 g/mol. The highest BCUT2D eigenvalue weighted by atomic mass is 16.6. The third kappa shape index (κ3) is 5.53. The Hall–Kier alpha value is -3.79. The van der Waals surface area contributed by atoms with E-state index in [-0.39, 0.29) is 46.2 Å². The molecule has 0 bridgehead atoms. The maximum atomic E-state index is 13.1. The van der Waals surface area contributed by atoms with Crippen molar-refractivity contribution in [1.29, 1.82) is 0 Å². The smallest absolute Gasteiger partial charge is 0.339 e. The Kier molecular flexibility index (Phi) is 7.39. The molecule has 0 aliphatic carbocycles. The molecule has 2 atom stereocenters. The highest BCUT2D eigenvalue weighted by Gasteiger charge is 2.27. The molecule has 1 saturated heterocycles. The first-order valence-electron chi connectivity index (χ1n) is 10.4. The largest absolute Gasteiger partial charge is 0.452 e. The van der Waals surface area contributed by atoms with Crippen LogP contribution in [0, 0.1) is 10.1 Å². The van der Waals surface area contributed by atoms with Crippen molar-refractivity contribution in [3.05, 3.63) is 69.3 Å². The van der Waals surface area contributed by atoms with Gasteiger partial charge in [-0.2, -0.15) is 0 Å². The molecule has 3 rings (SSSR count). The van der Waals surface area contributed by atoms with Gasteiger partial charge < -0.3 is 19.7 Å². The number of esters is 1. The quantitative estimate of drug-likeness (QED) is 0.292. The van der Waals surface area contributed by atoms with Crippen LogP contribution in [0.2, 0.25) is 0 Å². The van der Waals surface area contributed by atoms with Crippen LogP contribution < -0.4 is 5.32 Å². The van der Waals surface area contributed by atoms with E-state index in [1.165, 1.54) is 31.3 Å². The number of benzene rings is 2. The molecule has 0 unspecified atom stereocenters. The minimum Gasteiger partial charge on any atom is -0.452 e. The van der Waals surface area contributed by atoms with Crippen molar-refractivity contribution in [1.82, 2.24) is 4.90 Å². The predicted octanol–water partition coefficient (Wildman–Crippen LogP) is 2.66. The average molecular weight is 455 g/mol. The van der Waals surface area contributed by atoms with Crippen molar-refractivity contribution < 1.29 is 28.8 Å². The molecule has 10 nitrogen and oxygen atoms in total. The van der Waals surface area contributed by atoms with Gasteiger partial charge in [0.05, 0.1) is 22.7 Å². The Morgan fingerprint density at radius 2 is 1.76 bits per heavy atom. The van der Waals surface area contributed by atoms with Gasteiger partial charge in [0.25, 0.3) is 11.6 Å². The van der Waals surface area contributed by atoms with Gasteiger partial charge in [-0.15, -0.1) is 0 Å². The van der Waals surface area contributed by atoms with Crippen molar-refractivity contribution in [3.8, 4) is 0 Å². The van der Waals surface area contributed by atoms with E-state index in [2.05, 4.69) is 5.32 Å². The monoisotopic (exact) mass is 455 g/mol. The summed E-state index contributed by atoms with van der Waals surface area (Å²) in [7, 11) is 1.54. The molecule has 1 fully saturated rings. The molecule has 0 spiro atoms. The molecule has 0 saturated carbocycles. The van der Waals surface area contributed by atoms with Crippen LogP contribution in [-0.4, -0.2) is 66.4 Å². The number of morpholine rings is 1. The van der Waals surface area contributed by atoms with Crippen LogP contribution in [0.1, 0.15) is 40.1 Å². The average Bonchev–Trinajstić information content (AvgIpc) is 2.80. The second-order valence-electron chi connectivity index (χ2n) is 7.75. The fraction of sp³-hybridized carbons (Fsp3) is 0.348. The molecule has 1 heterocycles. The number of rotatable bonds is 7. The van der Waals surface area contributed by atoms with Crippen LogP contribution in [0.25, 0.3) is 0 Å². The minimum atomic E-state index is -0.831. The lowest BCUT2D eigenvalue weighted by Crippen LogP contribution is -2.49. The van der Waals surface area contributed by atoms with Gasteiger partial charge in [-0.05, 0) is 32.0 Å². The summed E-state index contributed by atoms with van der Waals surface area (Å²) in [5.41, 5.74) is 0.0419. The van der Waals surface area contributed by atoms with Gasteiger partial charge in [0.1, 0.15) is 5.69 Å². The third-order valence-electron chi connectivity index (χ3n) is 5.22. The van der Waals surface area contributed by atoms with Crippen molar-refractivity contribution in [2.45, 2.75) is 26.1 Å². The Balaban J connectivity index is 1.77. The van der Waals surface area contributed by atoms with Gasteiger partial charge in [-0.3, -0.25) is 19.7 Å². The van der Waals surface area contributed by atoms with E-state index in [9.17, 15) is 24.5 Å². The van der Waals surface area contributed by atoms with Gasteiger partial charge >= 0.3 is 5.97 Å². The van der Waals surface area contributed by atoms with Crippen LogP contribution in [-0.2, 0) is 14.3 Å². The number of ether oxygens (including phenoxy) is 2. The first kappa shape index (κ1) is 23.9. The van der Waals surface area contributed by atoms with E-state index < -0.39 is 23.3 Å². The summed E-state index contributed by atoms with van der Waals surface area (Å²) >= 11 is 0. The van der Waals surface area contributed by atoms with Crippen molar-refractivity contribution >= 4 is 29.0 Å². The number of nitrogens with one attached hydrogen (secondary N) is 1. The first-order chi connectivity index (χ1) is 15.7. The van der Waals surface area contributed by atoms with Crippen LogP contribution in [0.4, 0.5) is 11.4 Å². The van der Waals surface area contributed by atoms with E-state index in [4.69, 9.17) is 9.47 Å².